The number of fused-ring (bicyclic) bond motifs is 2. The predicted octanol–water partition coefficient (Wildman–Crippen LogP) is 2.62. The Kier molecular flexibility index (Phi) is 4.03. The van der Waals surface area contributed by atoms with Gasteiger partial charge in [-0.15, -0.1) is 0 Å². The monoisotopic (exact) mass is 286 g/mol. The second-order valence-electron chi connectivity index (χ2n) is 6.65. The van der Waals surface area contributed by atoms with E-state index >= 15 is 0 Å². The molecular formula is C18H26N2O. The topological polar surface area (TPSA) is 32.3 Å². The molecular weight excluding hydrogens is 260 g/mol. The molecule has 0 bridgehead atoms. The lowest BCUT2D eigenvalue weighted by Gasteiger charge is -2.34. The summed E-state index contributed by atoms with van der Waals surface area (Å²) in [5.41, 5.74) is 6.92. The highest BCUT2D eigenvalue weighted by Gasteiger charge is 2.28. The summed E-state index contributed by atoms with van der Waals surface area (Å²) in [6.07, 6.45) is 4.39. The van der Waals surface area contributed by atoms with Crippen molar-refractivity contribution >= 4 is 11.6 Å². The van der Waals surface area contributed by atoms with E-state index in [4.69, 9.17) is 0 Å². The van der Waals surface area contributed by atoms with Crippen molar-refractivity contribution in [3.05, 3.63) is 28.3 Å². The van der Waals surface area contributed by atoms with Crippen molar-refractivity contribution < 1.29 is 4.79 Å². The summed E-state index contributed by atoms with van der Waals surface area (Å²) in [5, 5.41) is 3.48. The lowest BCUT2D eigenvalue weighted by atomic mass is 9.88. The molecule has 0 spiro atoms. The van der Waals surface area contributed by atoms with Gasteiger partial charge in [0.05, 0.1) is 5.69 Å². The molecule has 0 saturated carbocycles. The number of carbonyl (C=O) groups is 1. The van der Waals surface area contributed by atoms with Crippen LogP contribution < -0.4 is 10.2 Å². The van der Waals surface area contributed by atoms with Crippen molar-refractivity contribution in [2.24, 2.45) is 5.92 Å². The van der Waals surface area contributed by atoms with Gasteiger partial charge in [-0.25, -0.2) is 0 Å². The summed E-state index contributed by atoms with van der Waals surface area (Å²) in [6.45, 7) is 9.21. The fraction of sp³-hybridized carbons (Fsp3) is 0.611. The number of anilines is 1. The summed E-state index contributed by atoms with van der Waals surface area (Å²) in [5.74, 6) is 0.335. The van der Waals surface area contributed by atoms with Gasteiger partial charge >= 0.3 is 0 Å². The van der Waals surface area contributed by atoms with Gasteiger partial charge in [0.25, 0.3) is 0 Å². The van der Waals surface area contributed by atoms with E-state index < -0.39 is 0 Å². The molecule has 3 nitrogen and oxygen atoms in total. The average molecular weight is 286 g/mol. The summed E-state index contributed by atoms with van der Waals surface area (Å²) in [4.78, 5) is 14.6. The number of nitrogens with one attached hydrogen (secondary N) is 1. The standard InChI is InChI=1S/C18H26N2O/c1-12(2)18(21)20-10-4-5-15-11-14-6-8-19-9-7-16(14)13(3)17(15)20/h11-12,19H,4-10H2,1-3H3. The fourth-order valence-corrected chi connectivity index (χ4v) is 3.76. The Morgan fingerprint density at radius 2 is 1.95 bits per heavy atom. The molecule has 1 aromatic rings. The molecule has 2 aliphatic heterocycles. The zero-order valence-corrected chi connectivity index (χ0v) is 13.5. The third kappa shape index (κ3) is 2.59. The van der Waals surface area contributed by atoms with Crippen LogP contribution in [-0.2, 0) is 24.1 Å². The SMILES string of the molecule is Cc1c2c(cc3c1N(C(=O)C(C)C)CCC3)CCNCC2. The maximum Gasteiger partial charge on any atom is 0.229 e. The van der Waals surface area contributed by atoms with E-state index in [0.29, 0.717) is 0 Å². The van der Waals surface area contributed by atoms with E-state index in [2.05, 4.69) is 23.2 Å². The number of aryl methyl sites for hydroxylation is 1. The Labute approximate surface area is 127 Å². The lowest BCUT2D eigenvalue weighted by molar-refractivity contribution is -0.121. The van der Waals surface area contributed by atoms with Crippen molar-refractivity contribution in [3.63, 3.8) is 0 Å². The number of hydrogen-bond acceptors (Lipinski definition) is 2. The van der Waals surface area contributed by atoms with Crippen molar-refractivity contribution in [1.29, 1.82) is 0 Å². The van der Waals surface area contributed by atoms with Crippen LogP contribution in [0.1, 0.15) is 42.5 Å². The van der Waals surface area contributed by atoms with Crippen LogP contribution in [0.5, 0.6) is 0 Å². The smallest absolute Gasteiger partial charge is 0.229 e. The van der Waals surface area contributed by atoms with Gasteiger partial charge < -0.3 is 10.2 Å². The van der Waals surface area contributed by atoms with Gasteiger partial charge in [0.1, 0.15) is 0 Å². The molecule has 0 fully saturated rings. The van der Waals surface area contributed by atoms with Crippen molar-refractivity contribution in [2.45, 2.75) is 46.5 Å². The predicted molar refractivity (Wildman–Crippen MR) is 87.0 cm³/mol. The molecule has 3 heteroatoms. The molecule has 2 aliphatic rings. The largest absolute Gasteiger partial charge is 0.316 e. The van der Waals surface area contributed by atoms with E-state index in [-0.39, 0.29) is 11.8 Å². The number of rotatable bonds is 1. The molecule has 114 valence electrons. The number of nitrogens with zero attached hydrogens (tertiary/aromatic N) is 1. The number of hydrogen-bond donors (Lipinski definition) is 1. The third-order valence-electron chi connectivity index (χ3n) is 4.83. The molecule has 1 aromatic carbocycles. The van der Waals surface area contributed by atoms with Gasteiger partial charge in [0.2, 0.25) is 5.91 Å². The maximum absolute atomic E-state index is 12.6. The summed E-state index contributed by atoms with van der Waals surface area (Å²) in [6, 6.07) is 2.38. The van der Waals surface area contributed by atoms with Crippen LogP contribution in [-0.4, -0.2) is 25.5 Å². The molecule has 0 aromatic heterocycles. The maximum atomic E-state index is 12.6. The van der Waals surface area contributed by atoms with E-state index in [9.17, 15) is 4.79 Å². The normalized spacial score (nSPS) is 18.2. The van der Waals surface area contributed by atoms with Gasteiger partial charge in [0, 0.05) is 12.5 Å². The van der Waals surface area contributed by atoms with Gasteiger partial charge in [-0.3, -0.25) is 4.79 Å². The highest BCUT2D eigenvalue weighted by molar-refractivity contribution is 5.97. The van der Waals surface area contributed by atoms with E-state index in [1.807, 2.05) is 13.8 Å². The molecule has 0 unspecified atom stereocenters. The van der Waals surface area contributed by atoms with Crippen molar-refractivity contribution in [2.75, 3.05) is 24.5 Å². The summed E-state index contributed by atoms with van der Waals surface area (Å²) in [7, 11) is 0. The van der Waals surface area contributed by atoms with Gasteiger partial charge in [0.15, 0.2) is 0 Å². The molecule has 1 amide bonds. The molecule has 0 saturated heterocycles. The van der Waals surface area contributed by atoms with Gasteiger partial charge in [-0.2, -0.15) is 0 Å². The Morgan fingerprint density at radius 1 is 1.19 bits per heavy atom. The van der Waals surface area contributed by atoms with Crippen molar-refractivity contribution in [3.8, 4) is 0 Å². The summed E-state index contributed by atoms with van der Waals surface area (Å²) < 4.78 is 0. The van der Waals surface area contributed by atoms with Crippen LogP contribution in [0.15, 0.2) is 6.07 Å². The van der Waals surface area contributed by atoms with Gasteiger partial charge in [-0.05, 0) is 68.0 Å². The average Bonchev–Trinajstić information content (AvgIpc) is 2.71. The quantitative estimate of drug-likeness (QED) is 0.860. The van der Waals surface area contributed by atoms with Crippen LogP contribution in [0.4, 0.5) is 5.69 Å². The molecule has 2 heterocycles. The lowest BCUT2D eigenvalue weighted by Crippen LogP contribution is -2.39. The Morgan fingerprint density at radius 3 is 2.71 bits per heavy atom. The van der Waals surface area contributed by atoms with Gasteiger partial charge in [-0.1, -0.05) is 19.9 Å². The fourth-order valence-electron chi connectivity index (χ4n) is 3.76. The second-order valence-corrected chi connectivity index (χ2v) is 6.65. The van der Waals surface area contributed by atoms with Crippen LogP contribution in [0.25, 0.3) is 0 Å². The zero-order valence-electron chi connectivity index (χ0n) is 13.5. The first kappa shape index (κ1) is 14.6. The van der Waals surface area contributed by atoms with Crippen LogP contribution in [0, 0.1) is 12.8 Å². The Bertz CT molecular complexity index is 563. The van der Waals surface area contributed by atoms with Crippen LogP contribution in [0.2, 0.25) is 0 Å². The third-order valence-corrected chi connectivity index (χ3v) is 4.83. The van der Waals surface area contributed by atoms with Crippen molar-refractivity contribution in [1.82, 2.24) is 5.32 Å². The highest BCUT2D eigenvalue weighted by atomic mass is 16.2. The summed E-state index contributed by atoms with van der Waals surface area (Å²) >= 11 is 0. The number of amides is 1. The first-order valence-electron chi connectivity index (χ1n) is 8.26. The van der Waals surface area contributed by atoms with E-state index in [0.717, 1.165) is 45.3 Å². The first-order valence-corrected chi connectivity index (χ1v) is 8.26. The molecule has 0 atom stereocenters. The molecule has 0 radical (unpaired) electrons. The Hall–Kier alpha value is -1.35. The molecule has 1 N–H and O–H groups in total. The minimum atomic E-state index is 0.0656. The van der Waals surface area contributed by atoms with Crippen LogP contribution >= 0.6 is 0 Å². The number of carbonyl (C=O) groups excluding carboxylic acids is 1. The number of benzene rings is 1. The second kappa shape index (κ2) is 5.80. The molecule has 0 aliphatic carbocycles. The van der Waals surface area contributed by atoms with E-state index in [1.54, 1.807) is 0 Å². The molecule has 21 heavy (non-hydrogen) atoms. The Balaban J connectivity index is 2.10. The molecule has 3 rings (SSSR count). The highest BCUT2D eigenvalue weighted by Crippen LogP contribution is 2.36. The first-order chi connectivity index (χ1) is 10.1. The zero-order chi connectivity index (χ0) is 15.0. The minimum absolute atomic E-state index is 0.0656. The van der Waals surface area contributed by atoms with Crippen LogP contribution in [0.3, 0.4) is 0 Å². The van der Waals surface area contributed by atoms with E-state index in [1.165, 1.54) is 27.9 Å². The minimum Gasteiger partial charge on any atom is -0.316 e.